The van der Waals surface area contributed by atoms with Gasteiger partial charge < -0.3 is 19.9 Å². The number of hydrogen-bond acceptors (Lipinski definition) is 4. The Kier molecular flexibility index (Phi) is 7.29. The summed E-state index contributed by atoms with van der Waals surface area (Å²) in [6.45, 7) is 11.6. The Morgan fingerprint density at radius 1 is 1.15 bits per heavy atom. The average Bonchev–Trinajstić information content (AvgIpc) is 2.59. The smallest absolute Gasteiger partial charge is 0.322 e. The summed E-state index contributed by atoms with van der Waals surface area (Å²) in [7, 11) is 4.01. The summed E-state index contributed by atoms with van der Waals surface area (Å²) in [5.41, 5.74) is 1.71. The van der Waals surface area contributed by atoms with Gasteiger partial charge in [0.25, 0.3) is 0 Å². The van der Waals surface area contributed by atoms with Crippen LogP contribution in [0.5, 0.6) is 0 Å². The quantitative estimate of drug-likeness (QED) is 0.845. The van der Waals surface area contributed by atoms with Gasteiger partial charge >= 0.3 is 6.03 Å². The summed E-state index contributed by atoms with van der Waals surface area (Å²) < 4.78 is 5.39. The molecule has 6 heteroatoms. The summed E-state index contributed by atoms with van der Waals surface area (Å²) in [5, 5.41) is 3.04. The molecule has 2 amide bonds. The zero-order chi connectivity index (χ0) is 19.2. The summed E-state index contributed by atoms with van der Waals surface area (Å²) in [6.07, 6.45) is 0.963. The van der Waals surface area contributed by atoms with Crippen LogP contribution in [-0.2, 0) is 4.74 Å². The van der Waals surface area contributed by atoms with Crippen molar-refractivity contribution in [3.63, 3.8) is 0 Å². The van der Waals surface area contributed by atoms with Gasteiger partial charge in [0.05, 0.1) is 13.2 Å². The first kappa shape index (κ1) is 20.5. The number of benzene rings is 1. The van der Waals surface area contributed by atoms with Gasteiger partial charge in [-0.3, -0.25) is 4.90 Å². The first-order valence-electron chi connectivity index (χ1n) is 9.43. The first-order valence-corrected chi connectivity index (χ1v) is 9.43. The number of hydrogen-bond donors (Lipinski definition) is 1. The molecule has 1 heterocycles. The van der Waals surface area contributed by atoms with Gasteiger partial charge in [-0.25, -0.2) is 4.79 Å². The Morgan fingerprint density at radius 3 is 2.31 bits per heavy atom. The van der Waals surface area contributed by atoms with Gasteiger partial charge in [-0.1, -0.05) is 0 Å². The number of urea groups is 1. The third-order valence-corrected chi connectivity index (χ3v) is 4.65. The summed E-state index contributed by atoms with van der Waals surface area (Å²) in [5.74, 6) is 0. The van der Waals surface area contributed by atoms with E-state index in [1.807, 2.05) is 48.2 Å². The fourth-order valence-corrected chi connectivity index (χ4v) is 3.05. The molecule has 1 aromatic carbocycles. The zero-order valence-electron chi connectivity index (χ0n) is 16.9. The monoisotopic (exact) mass is 362 g/mol. The Labute approximate surface area is 158 Å². The molecule has 1 aliphatic rings. The Hall–Kier alpha value is -1.79. The van der Waals surface area contributed by atoms with Crippen molar-refractivity contribution < 1.29 is 9.53 Å². The van der Waals surface area contributed by atoms with Gasteiger partial charge in [0.15, 0.2) is 0 Å². The molecular weight excluding hydrogens is 328 g/mol. The number of anilines is 2. The number of carbonyl (C=O) groups is 1. The van der Waals surface area contributed by atoms with E-state index in [4.69, 9.17) is 4.74 Å². The number of ether oxygens (including phenoxy) is 1. The van der Waals surface area contributed by atoms with E-state index in [2.05, 4.69) is 31.0 Å². The molecule has 1 aliphatic heterocycles. The highest BCUT2D eigenvalue weighted by atomic mass is 16.5. The number of amides is 2. The van der Waals surface area contributed by atoms with Crippen LogP contribution in [0.3, 0.4) is 0 Å². The van der Waals surface area contributed by atoms with Gasteiger partial charge in [0.2, 0.25) is 0 Å². The van der Waals surface area contributed by atoms with E-state index in [0.717, 1.165) is 57.2 Å². The molecule has 0 aromatic heterocycles. The third-order valence-electron chi connectivity index (χ3n) is 4.65. The summed E-state index contributed by atoms with van der Waals surface area (Å²) >= 11 is 0. The molecule has 0 spiro atoms. The Bertz CT molecular complexity index is 560. The summed E-state index contributed by atoms with van der Waals surface area (Å²) in [6, 6.07) is 7.87. The molecule has 1 saturated heterocycles. The van der Waals surface area contributed by atoms with E-state index in [1.54, 1.807) is 0 Å². The maximum atomic E-state index is 12.8. The molecule has 2 rings (SSSR count). The maximum Gasteiger partial charge on any atom is 0.322 e. The molecule has 1 N–H and O–H groups in total. The minimum atomic E-state index is -0.224. The minimum Gasteiger partial charge on any atom is -0.379 e. The second kappa shape index (κ2) is 9.24. The van der Waals surface area contributed by atoms with Crippen LogP contribution in [0.1, 0.15) is 27.2 Å². The molecule has 0 aliphatic carbocycles. The summed E-state index contributed by atoms with van der Waals surface area (Å²) in [4.78, 5) is 19.2. The molecule has 0 atom stereocenters. The fourth-order valence-electron chi connectivity index (χ4n) is 3.05. The Balaban J connectivity index is 1.91. The van der Waals surface area contributed by atoms with Crippen molar-refractivity contribution in [2.45, 2.75) is 32.7 Å². The van der Waals surface area contributed by atoms with Crippen molar-refractivity contribution in [3.8, 4) is 0 Å². The number of carbonyl (C=O) groups excluding carboxylic acids is 1. The van der Waals surface area contributed by atoms with Crippen LogP contribution in [0.15, 0.2) is 24.3 Å². The predicted molar refractivity (Wildman–Crippen MR) is 108 cm³/mol. The van der Waals surface area contributed by atoms with Gasteiger partial charge in [0.1, 0.15) is 0 Å². The van der Waals surface area contributed by atoms with Crippen molar-refractivity contribution in [2.24, 2.45) is 0 Å². The molecule has 1 aromatic rings. The fraction of sp³-hybridized carbons (Fsp3) is 0.650. The van der Waals surface area contributed by atoms with E-state index in [-0.39, 0.29) is 11.6 Å². The third kappa shape index (κ3) is 6.18. The highest BCUT2D eigenvalue weighted by molar-refractivity contribution is 5.90. The molecule has 26 heavy (non-hydrogen) atoms. The van der Waals surface area contributed by atoms with Crippen molar-refractivity contribution in [2.75, 3.05) is 63.7 Å². The first-order chi connectivity index (χ1) is 12.3. The molecule has 146 valence electrons. The lowest BCUT2D eigenvalue weighted by Gasteiger charge is -2.36. The van der Waals surface area contributed by atoms with Crippen molar-refractivity contribution in [1.82, 2.24) is 9.80 Å². The molecule has 0 bridgehead atoms. The van der Waals surface area contributed by atoms with Crippen LogP contribution in [0, 0.1) is 0 Å². The molecule has 1 fully saturated rings. The standard InChI is InChI=1S/C20H34N4O2/c1-20(2,3)24(12-6-11-23-13-15-26-16-14-23)19(25)21-17-7-9-18(10-8-17)22(4)5/h7-10H,6,11-16H2,1-5H3,(H,21,25). The molecule has 0 unspecified atom stereocenters. The highest BCUT2D eigenvalue weighted by Crippen LogP contribution is 2.19. The van der Waals surface area contributed by atoms with E-state index in [1.165, 1.54) is 0 Å². The number of nitrogens with zero attached hydrogens (tertiary/aromatic N) is 3. The van der Waals surface area contributed by atoms with Crippen LogP contribution in [-0.4, -0.2) is 74.9 Å². The number of nitrogens with one attached hydrogen (secondary N) is 1. The van der Waals surface area contributed by atoms with Gasteiger partial charge in [-0.2, -0.15) is 0 Å². The van der Waals surface area contributed by atoms with Crippen LogP contribution in [0.4, 0.5) is 16.2 Å². The minimum absolute atomic E-state index is 0.0444. The second-order valence-electron chi connectivity index (χ2n) is 8.00. The Morgan fingerprint density at radius 2 is 1.77 bits per heavy atom. The van der Waals surface area contributed by atoms with Crippen LogP contribution in [0.2, 0.25) is 0 Å². The van der Waals surface area contributed by atoms with Gasteiger partial charge in [0, 0.05) is 57.2 Å². The molecular formula is C20H34N4O2. The van der Waals surface area contributed by atoms with E-state index in [0.29, 0.717) is 0 Å². The van der Waals surface area contributed by atoms with Crippen molar-refractivity contribution in [3.05, 3.63) is 24.3 Å². The predicted octanol–water partition coefficient (Wildman–Crippen LogP) is 3.11. The normalized spacial score (nSPS) is 15.6. The SMILES string of the molecule is CN(C)c1ccc(NC(=O)N(CCCN2CCOCC2)C(C)(C)C)cc1. The number of morpholine rings is 1. The maximum absolute atomic E-state index is 12.8. The molecule has 0 radical (unpaired) electrons. The van der Waals surface area contributed by atoms with Crippen molar-refractivity contribution in [1.29, 1.82) is 0 Å². The van der Waals surface area contributed by atoms with Crippen molar-refractivity contribution >= 4 is 17.4 Å². The topological polar surface area (TPSA) is 48.1 Å². The second-order valence-corrected chi connectivity index (χ2v) is 8.00. The van der Waals surface area contributed by atoms with Crippen LogP contribution in [0.25, 0.3) is 0 Å². The van der Waals surface area contributed by atoms with Crippen LogP contribution < -0.4 is 10.2 Å². The lowest BCUT2D eigenvalue weighted by Crippen LogP contribution is -2.49. The van der Waals surface area contributed by atoms with E-state index >= 15 is 0 Å². The average molecular weight is 363 g/mol. The zero-order valence-corrected chi connectivity index (χ0v) is 16.9. The lowest BCUT2D eigenvalue weighted by atomic mass is 10.1. The van der Waals surface area contributed by atoms with E-state index < -0.39 is 0 Å². The largest absolute Gasteiger partial charge is 0.379 e. The lowest BCUT2D eigenvalue weighted by molar-refractivity contribution is 0.0355. The van der Waals surface area contributed by atoms with Gasteiger partial charge in [-0.15, -0.1) is 0 Å². The number of rotatable bonds is 6. The highest BCUT2D eigenvalue weighted by Gasteiger charge is 2.26. The van der Waals surface area contributed by atoms with Gasteiger partial charge in [-0.05, 0) is 51.5 Å². The van der Waals surface area contributed by atoms with Crippen LogP contribution >= 0.6 is 0 Å². The molecule has 6 nitrogen and oxygen atoms in total. The molecule has 0 saturated carbocycles. The van der Waals surface area contributed by atoms with E-state index in [9.17, 15) is 4.79 Å².